The molecule has 1 aliphatic heterocycles. The zero-order valence-electron chi connectivity index (χ0n) is 12.6. The number of rotatable bonds is 5. The van der Waals surface area contributed by atoms with Crippen LogP contribution >= 0.6 is 0 Å². The Morgan fingerprint density at radius 2 is 2.30 bits per heavy atom. The maximum atomic E-state index is 10.6. The van der Waals surface area contributed by atoms with Gasteiger partial charge in [-0.05, 0) is 43.1 Å². The van der Waals surface area contributed by atoms with Crippen LogP contribution in [0.1, 0.15) is 30.6 Å². The van der Waals surface area contributed by atoms with Gasteiger partial charge in [-0.1, -0.05) is 13.0 Å². The molecule has 2 unspecified atom stereocenters. The second-order valence-corrected chi connectivity index (χ2v) is 5.38. The molecule has 20 heavy (non-hydrogen) atoms. The number of methoxy groups -OCH3 is 1. The molecule has 0 radical (unpaired) electrons. The summed E-state index contributed by atoms with van der Waals surface area (Å²) in [4.78, 5) is 2.36. The summed E-state index contributed by atoms with van der Waals surface area (Å²) >= 11 is 0. The van der Waals surface area contributed by atoms with Crippen LogP contribution in [0, 0.1) is 6.92 Å². The van der Waals surface area contributed by atoms with Crippen LogP contribution in [0.15, 0.2) is 18.2 Å². The molecule has 1 N–H and O–H groups in total. The van der Waals surface area contributed by atoms with E-state index in [1.165, 1.54) is 0 Å². The molecule has 0 bridgehead atoms. The van der Waals surface area contributed by atoms with Crippen molar-refractivity contribution in [1.29, 1.82) is 0 Å². The van der Waals surface area contributed by atoms with Gasteiger partial charge in [0.1, 0.15) is 18.0 Å². The summed E-state index contributed by atoms with van der Waals surface area (Å²) in [6, 6.07) is 5.77. The van der Waals surface area contributed by atoms with E-state index in [0.717, 1.165) is 42.9 Å². The molecule has 1 aromatic carbocycles. The standard InChI is InChI=1S/C16H25NO3/c1-4-7-17-8-9-20-15(11-17)16(18)14-6-5-13(19-3)10-12(14)2/h5-6,10,15-16,18H,4,7-9,11H2,1-3H3. The summed E-state index contributed by atoms with van der Waals surface area (Å²) in [5.41, 5.74) is 1.96. The van der Waals surface area contributed by atoms with Gasteiger partial charge < -0.3 is 14.6 Å². The third kappa shape index (κ3) is 3.51. The van der Waals surface area contributed by atoms with Crippen LogP contribution in [0.25, 0.3) is 0 Å². The molecule has 0 spiro atoms. The topological polar surface area (TPSA) is 41.9 Å². The predicted octanol–water partition coefficient (Wildman–Crippen LogP) is 2.15. The van der Waals surface area contributed by atoms with Gasteiger partial charge in [0.05, 0.1) is 13.7 Å². The Balaban J connectivity index is 2.08. The predicted molar refractivity (Wildman–Crippen MR) is 79.2 cm³/mol. The molecular formula is C16H25NO3. The van der Waals surface area contributed by atoms with Gasteiger partial charge in [-0.3, -0.25) is 4.90 Å². The molecule has 1 aliphatic rings. The highest BCUT2D eigenvalue weighted by molar-refractivity contribution is 5.36. The van der Waals surface area contributed by atoms with E-state index < -0.39 is 6.10 Å². The van der Waals surface area contributed by atoms with Crippen LogP contribution in [0.4, 0.5) is 0 Å². The SMILES string of the molecule is CCCN1CCOC(C(O)c2ccc(OC)cc2C)C1. The van der Waals surface area contributed by atoms with Crippen molar-refractivity contribution in [3.8, 4) is 5.75 Å². The molecule has 0 amide bonds. The Morgan fingerprint density at radius 3 is 2.95 bits per heavy atom. The van der Waals surface area contributed by atoms with Gasteiger partial charge in [-0.25, -0.2) is 0 Å². The average molecular weight is 279 g/mol. The molecule has 112 valence electrons. The Morgan fingerprint density at radius 1 is 1.50 bits per heavy atom. The second kappa shape index (κ2) is 7.07. The highest BCUT2D eigenvalue weighted by Crippen LogP contribution is 2.27. The minimum Gasteiger partial charge on any atom is -0.497 e. The smallest absolute Gasteiger partial charge is 0.119 e. The Bertz CT molecular complexity index is 434. The normalized spacial score (nSPS) is 21.7. The lowest BCUT2D eigenvalue weighted by Gasteiger charge is -2.35. The first-order valence-corrected chi connectivity index (χ1v) is 7.32. The van der Waals surface area contributed by atoms with Crippen molar-refractivity contribution in [1.82, 2.24) is 4.90 Å². The van der Waals surface area contributed by atoms with Gasteiger partial charge in [-0.15, -0.1) is 0 Å². The van der Waals surface area contributed by atoms with E-state index in [2.05, 4.69) is 11.8 Å². The first-order chi connectivity index (χ1) is 9.65. The molecule has 2 rings (SSSR count). The van der Waals surface area contributed by atoms with Crippen molar-refractivity contribution in [3.63, 3.8) is 0 Å². The first-order valence-electron chi connectivity index (χ1n) is 7.32. The Kier molecular flexibility index (Phi) is 5.40. The van der Waals surface area contributed by atoms with Crippen molar-refractivity contribution in [2.45, 2.75) is 32.5 Å². The second-order valence-electron chi connectivity index (χ2n) is 5.38. The molecular weight excluding hydrogens is 254 g/mol. The lowest BCUT2D eigenvalue weighted by molar-refractivity contribution is -0.0900. The molecule has 2 atom stereocenters. The van der Waals surface area contributed by atoms with Gasteiger partial charge in [0, 0.05) is 13.1 Å². The third-order valence-corrected chi connectivity index (χ3v) is 3.87. The van der Waals surface area contributed by atoms with Crippen LogP contribution in [-0.2, 0) is 4.74 Å². The van der Waals surface area contributed by atoms with Crippen molar-refractivity contribution in [2.24, 2.45) is 0 Å². The molecule has 0 saturated carbocycles. The quantitative estimate of drug-likeness (QED) is 0.897. The molecule has 1 heterocycles. The van der Waals surface area contributed by atoms with Crippen LogP contribution in [0.3, 0.4) is 0 Å². The third-order valence-electron chi connectivity index (χ3n) is 3.87. The van der Waals surface area contributed by atoms with Crippen LogP contribution in [0.2, 0.25) is 0 Å². The molecule has 1 aromatic rings. The number of aryl methyl sites for hydroxylation is 1. The number of morpholine rings is 1. The van der Waals surface area contributed by atoms with Crippen molar-refractivity contribution in [3.05, 3.63) is 29.3 Å². The van der Waals surface area contributed by atoms with Crippen LogP contribution in [-0.4, -0.2) is 49.5 Å². The van der Waals surface area contributed by atoms with Gasteiger partial charge in [0.15, 0.2) is 0 Å². The lowest BCUT2D eigenvalue weighted by Crippen LogP contribution is -2.45. The Hall–Kier alpha value is -1.10. The monoisotopic (exact) mass is 279 g/mol. The largest absolute Gasteiger partial charge is 0.497 e. The number of benzene rings is 1. The molecule has 4 nitrogen and oxygen atoms in total. The fourth-order valence-corrected chi connectivity index (χ4v) is 2.75. The van der Waals surface area contributed by atoms with Crippen molar-refractivity contribution >= 4 is 0 Å². The van der Waals surface area contributed by atoms with Crippen molar-refractivity contribution < 1.29 is 14.6 Å². The van der Waals surface area contributed by atoms with E-state index in [1.807, 2.05) is 25.1 Å². The van der Waals surface area contributed by atoms with Crippen molar-refractivity contribution in [2.75, 3.05) is 33.4 Å². The number of ether oxygens (including phenoxy) is 2. The zero-order chi connectivity index (χ0) is 14.5. The van der Waals surface area contributed by atoms with Crippen LogP contribution < -0.4 is 4.74 Å². The fraction of sp³-hybridized carbons (Fsp3) is 0.625. The van der Waals surface area contributed by atoms with E-state index in [4.69, 9.17) is 9.47 Å². The molecule has 1 saturated heterocycles. The molecule has 4 heteroatoms. The fourth-order valence-electron chi connectivity index (χ4n) is 2.75. The minimum absolute atomic E-state index is 0.151. The highest BCUT2D eigenvalue weighted by atomic mass is 16.5. The molecule has 0 aliphatic carbocycles. The van der Waals surface area contributed by atoms with Gasteiger partial charge >= 0.3 is 0 Å². The Labute approximate surface area is 121 Å². The van der Waals surface area contributed by atoms with Crippen LogP contribution in [0.5, 0.6) is 5.75 Å². The molecule has 1 fully saturated rings. The van der Waals surface area contributed by atoms with E-state index in [-0.39, 0.29) is 6.10 Å². The van der Waals surface area contributed by atoms with Gasteiger partial charge in [-0.2, -0.15) is 0 Å². The summed E-state index contributed by atoms with van der Waals surface area (Å²) < 4.78 is 11.0. The number of hydrogen-bond donors (Lipinski definition) is 1. The van der Waals surface area contributed by atoms with Gasteiger partial charge in [0.2, 0.25) is 0 Å². The maximum absolute atomic E-state index is 10.6. The van der Waals surface area contributed by atoms with E-state index >= 15 is 0 Å². The summed E-state index contributed by atoms with van der Waals surface area (Å²) in [6.45, 7) is 7.67. The number of aliphatic hydroxyl groups excluding tert-OH is 1. The summed E-state index contributed by atoms with van der Waals surface area (Å²) in [5, 5.41) is 10.6. The first kappa shape index (κ1) is 15.3. The summed E-state index contributed by atoms with van der Waals surface area (Å²) in [6.07, 6.45) is 0.396. The van der Waals surface area contributed by atoms with E-state index in [9.17, 15) is 5.11 Å². The highest BCUT2D eigenvalue weighted by Gasteiger charge is 2.28. The summed E-state index contributed by atoms with van der Waals surface area (Å²) in [5.74, 6) is 0.815. The number of hydrogen-bond acceptors (Lipinski definition) is 4. The minimum atomic E-state index is -0.583. The molecule has 0 aromatic heterocycles. The summed E-state index contributed by atoms with van der Waals surface area (Å²) in [7, 11) is 1.65. The number of nitrogens with zero attached hydrogens (tertiary/aromatic N) is 1. The van der Waals surface area contributed by atoms with E-state index in [1.54, 1.807) is 7.11 Å². The van der Waals surface area contributed by atoms with Gasteiger partial charge in [0.25, 0.3) is 0 Å². The maximum Gasteiger partial charge on any atom is 0.119 e. The zero-order valence-corrected chi connectivity index (χ0v) is 12.6. The van der Waals surface area contributed by atoms with E-state index in [0.29, 0.717) is 6.61 Å². The average Bonchev–Trinajstić information content (AvgIpc) is 2.47. The number of aliphatic hydroxyl groups is 1. The lowest BCUT2D eigenvalue weighted by atomic mass is 9.98.